The fourth-order valence-corrected chi connectivity index (χ4v) is 2.04. The first-order valence-corrected chi connectivity index (χ1v) is 5.59. The highest BCUT2D eigenvalue weighted by Crippen LogP contribution is 2.23. The highest BCUT2D eigenvalue weighted by atomic mass is 16.5. The topological polar surface area (TPSA) is 42.4 Å². The van der Waals surface area contributed by atoms with Gasteiger partial charge in [-0.05, 0) is 25.3 Å². The van der Waals surface area contributed by atoms with Gasteiger partial charge < -0.3 is 9.64 Å². The predicted octanol–water partition coefficient (Wildman–Crippen LogP) is 1.89. The summed E-state index contributed by atoms with van der Waals surface area (Å²) >= 11 is 0. The standard InChI is InChI=1S/C12H16N2O2/c1-16-12-10(9-15)7-11(8-13-12)14-5-3-2-4-6-14/h7-9H,2-6H2,1H3. The molecule has 0 aliphatic carbocycles. The second kappa shape index (κ2) is 4.96. The average Bonchev–Trinajstić information content (AvgIpc) is 2.39. The van der Waals surface area contributed by atoms with Crippen LogP contribution in [0.2, 0.25) is 0 Å². The van der Waals surface area contributed by atoms with Gasteiger partial charge in [0.05, 0.1) is 24.6 Å². The van der Waals surface area contributed by atoms with Crippen LogP contribution < -0.4 is 9.64 Å². The molecule has 0 atom stereocenters. The zero-order valence-corrected chi connectivity index (χ0v) is 9.48. The van der Waals surface area contributed by atoms with E-state index in [1.54, 1.807) is 6.20 Å². The molecule has 1 aromatic heterocycles. The molecule has 0 radical (unpaired) electrons. The van der Waals surface area contributed by atoms with Gasteiger partial charge in [-0.2, -0.15) is 0 Å². The first-order valence-electron chi connectivity index (χ1n) is 5.59. The van der Waals surface area contributed by atoms with Crippen LogP contribution in [-0.4, -0.2) is 31.5 Å². The lowest BCUT2D eigenvalue weighted by Crippen LogP contribution is -2.29. The maximum atomic E-state index is 10.9. The Balaban J connectivity index is 2.24. The molecule has 2 heterocycles. The second-order valence-corrected chi connectivity index (χ2v) is 3.96. The smallest absolute Gasteiger partial charge is 0.223 e. The molecule has 0 bridgehead atoms. The molecule has 2 rings (SSSR count). The van der Waals surface area contributed by atoms with E-state index in [0.717, 1.165) is 25.1 Å². The van der Waals surface area contributed by atoms with Gasteiger partial charge in [-0.3, -0.25) is 4.79 Å². The van der Waals surface area contributed by atoms with Crippen LogP contribution in [0.15, 0.2) is 12.3 Å². The van der Waals surface area contributed by atoms with E-state index in [0.29, 0.717) is 11.4 Å². The fourth-order valence-electron chi connectivity index (χ4n) is 2.04. The van der Waals surface area contributed by atoms with Gasteiger partial charge in [0.25, 0.3) is 0 Å². The summed E-state index contributed by atoms with van der Waals surface area (Å²) in [5.41, 5.74) is 1.54. The quantitative estimate of drug-likeness (QED) is 0.729. The maximum absolute atomic E-state index is 10.9. The normalized spacial score (nSPS) is 15.9. The minimum atomic E-state index is 0.399. The number of hydrogen-bond donors (Lipinski definition) is 0. The number of ether oxygens (including phenoxy) is 1. The molecule has 1 aliphatic heterocycles. The number of hydrogen-bond acceptors (Lipinski definition) is 4. The summed E-state index contributed by atoms with van der Waals surface area (Å²) in [7, 11) is 1.52. The van der Waals surface area contributed by atoms with Crippen molar-refractivity contribution in [3.63, 3.8) is 0 Å². The van der Waals surface area contributed by atoms with Crippen molar-refractivity contribution in [2.75, 3.05) is 25.1 Å². The van der Waals surface area contributed by atoms with E-state index < -0.39 is 0 Å². The van der Waals surface area contributed by atoms with Gasteiger partial charge >= 0.3 is 0 Å². The van der Waals surface area contributed by atoms with E-state index in [-0.39, 0.29) is 0 Å². The van der Waals surface area contributed by atoms with Crippen LogP contribution in [0.4, 0.5) is 5.69 Å². The lowest BCUT2D eigenvalue weighted by atomic mass is 10.1. The van der Waals surface area contributed by atoms with Gasteiger partial charge in [-0.1, -0.05) is 0 Å². The summed E-state index contributed by atoms with van der Waals surface area (Å²) in [6.45, 7) is 2.10. The average molecular weight is 220 g/mol. The summed E-state index contributed by atoms with van der Waals surface area (Å²) in [5, 5.41) is 0. The van der Waals surface area contributed by atoms with E-state index >= 15 is 0 Å². The molecular weight excluding hydrogens is 204 g/mol. The van der Waals surface area contributed by atoms with Crippen molar-refractivity contribution in [2.45, 2.75) is 19.3 Å². The lowest BCUT2D eigenvalue weighted by Gasteiger charge is -2.28. The van der Waals surface area contributed by atoms with Crippen molar-refractivity contribution in [1.82, 2.24) is 4.98 Å². The van der Waals surface area contributed by atoms with E-state index in [4.69, 9.17) is 4.74 Å². The number of nitrogens with zero attached hydrogens (tertiary/aromatic N) is 2. The van der Waals surface area contributed by atoms with Crippen LogP contribution in [-0.2, 0) is 0 Å². The number of carbonyl (C=O) groups excluding carboxylic acids is 1. The Labute approximate surface area is 95.2 Å². The number of methoxy groups -OCH3 is 1. The van der Waals surface area contributed by atoms with E-state index in [1.165, 1.54) is 26.4 Å². The molecule has 0 amide bonds. The molecule has 1 fully saturated rings. The molecular formula is C12H16N2O2. The van der Waals surface area contributed by atoms with Crippen molar-refractivity contribution < 1.29 is 9.53 Å². The number of aromatic nitrogens is 1. The third kappa shape index (κ3) is 2.15. The van der Waals surface area contributed by atoms with Gasteiger partial charge in [0.1, 0.15) is 0 Å². The Kier molecular flexibility index (Phi) is 3.39. The highest BCUT2D eigenvalue weighted by Gasteiger charge is 2.13. The van der Waals surface area contributed by atoms with E-state index in [9.17, 15) is 4.79 Å². The number of carbonyl (C=O) groups is 1. The van der Waals surface area contributed by atoms with Gasteiger partial charge in [0, 0.05) is 13.1 Å². The monoisotopic (exact) mass is 220 g/mol. The van der Waals surface area contributed by atoms with Crippen LogP contribution in [0, 0.1) is 0 Å². The van der Waals surface area contributed by atoms with Crippen molar-refractivity contribution in [3.05, 3.63) is 17.8 Å². The zero-order valence-electron chi connectivity index (χ0n) is 9.48. The second-order valence-electron chi connectivity index (χ2n) is 3.96. The molecule has 16 heavy (non-hydrogen) atoms. The molecule has 86 valence electrons. The Bertz CT molecular complexity index is 373. The van der Waals surface area contributed by atoms with Crippen molar-refractivity contribution in [1.29, 1.82) is 0 Å². The highest BCUT2D eigenvalue weighted by molar-refractivity contribution is 5.80. The van der Waals surface area contributed by atoms with E-state index in [1.807, 2.05) is 6.07 Å². The Morgan fingerprint density at radius 1 is 1.38 bits per heavy atom. The predicted molar refractivity (Wildman–Crippen MR) is 62.2 cm³/mol. The largest absolute Gasteiger partial charge is 0.480 e. The maximum Gasteiger partial charge on any atom is 0.223 e. The number of rotatable bonds is 3. The third-order valence-electron chi connectivity index (χ3n) is 2.91. The van der Waals surface area contributed by atoms with Crippen molar-refractivity contribution in [3.8, 4) is 5.88 Å². The number of aldehydes is 1. The first-order chi connectivity index (χ1) is 7.85. The summed E-state index contributed by atoms with van der Waals surface area (Å²) < 4.78 is 5.02. The van der Waals surface area contributed by atoms with Crippen LogP contribution in [0.5, 0.6) is 5.88 Å². The van der Waals surface area contributed by atoms with Crippen molar-refractivity contribution in [2.24, 2.45) is 0 Å². The molecule has 1 aliphatic rings. The first kappa shape index (κ1) is 10.9. The molecule has 1 saturated heterocycles. The van der Waals surface area contributed by atoms with Crippen molar-refractivity contribution >= 4 is 12.0 Å². The summed E-state index contributed by atoms with van der Waals surface area (Å²) in [6.07, 6.45) is 6.28. The molecule has 0 spiro atoms. The van der Waals surface area contributed by atoms with Gasteiger partial charge in [-0.25, -0.2) is 4.98 Å². The van der Waals surface area contributed by atoms with Gasteiger partial charge in [0.15, 0.2) is 6.29 Å². The Hall–Kier alpha value is -1.58. The molecule has 0 saturated carbocycles. The van der Waals surface area contributed by atoms with Crippen LogP contribution in [0.3, 0.4) is 0 Å². The van der Waals surface area contributed by atoms with E-state index in [2.05, 4.69) is 9.88 Å². The minimum Gasteiger partial charge on any atom is -0.480 e. The number of piperidine rings is 1. The van der Waals surface area contributed by atoms with Crippen LogP contribution in [0.1, 0.15) is 29.6 Å². The minimum absolute atomic E-state index is 0.399. The Morgan fingerprint density at radius 3 is 2.75 bits per heavy atom. The van der Waals surface area contributed by atoms with Gasteiger partial charge in [0.2, 0.25) is 5.88 Å². The van der Waals surface area contributed by atoms with Gasteiger partial charge in [-0.15, -0.1) is 0 Å². The fraction of sp³-hybridized carbons (Fsp3) is 0.500. The molecule has 0 aromatic carbocycles. The molecule has 1 aromatic rings. The SMILES string of the molecule is COc1ncc(N2CCCCC2)cc1C=O. The number of pyridine rings is 1. The molecule has 0 unspecified atom stereocenters. The molecule has 4 nitrogen and oxygen atoms in total. The summed E-state index contributed by atoms with van der Waals surface area (Å²) in [4.78, 5) is 17.3. The zero-order chi connectivity index (χ0) is 11.4. The van der Waals surface area contributed by atoms with Crippen LogP contribution in [0.25, 0.3) is 0 Å². The molecule has 4 heteroatoms. The molecule has 0 N–H and O–H groups in total. The Morgan fingerprint density at radius 2 is 2.12 bits per heavy atom. The lowest BCUT2D eigenvalue weighted by molar-refractivity contribution is 0.112. The summed E-state index contributed by atoms with van der Waals surface area (Å²) in [6, 6.07) is 1.85. The van der Waals surface area contributed by atoms with Crippen LogP contribution >= 0.6 is 0 Å². The number of anilines is 1. The third-order valence-corrected chi connectivity index (χ3v) is 2.91. The summed E-state index contributed by atoms with van der Waals surface area (Å²) in [5.74, 6) is 0.399.